The first-order valence-electron chi connectivity index (χ1n) is 7.83. The summed E-state index contributed by atoms with van der Waals surface area (Å²) in [7, 11) is 0. The molecule has 158 valence electrons. The highest BCUT2D eigenvalue weighted by Crippen LogP contribution is 2.09. The van der Waals surface area contributed by atoms with Crippen molar-refractivity contribution in [3.05, 3.63) is 0 Å². The van der Waals surface area contributed by atoms with E-state index in [1.807, 2.05) is 0 Å². The number of amides is 3. The molecular weight excluding hydrogens is 398 g/mol. The predicted molar refractivity (Wildman–Crippen MR) is 95.2 cm³/mol. The maximum Gasteiger partial charge on any atom is 0.344 e. The largest absolute Gasteiger partial charge is 0.372 e. The summed E-state index contributed by atoms with van der Waals surface area (Å²) in [6.07, 6.45) is -0.395. The van der Waals surface area contributed by atoms with Crippen LogP contribution in [0.1, 0.15) is 26.7 Å². The summed E-state index contributed by atoms with van der Waals surface area (Å²) in [5, 5.41) is 2.00. The minimum absolute atomic E-state index is 0.126. The lowest BCUT2D eigenvalue weighted by molar-refractivity contribution is -0.156. The smallest absolute Gasteiger partial charge is 0.344 e. The van der Waals surface area contributed by atoms with Crippen molar-refractivity contribution >= 4 is 46.5 Å². The van der Waals surface area contributed by atoms with Gasteiger partial charge in [0.2, 0.25) is 11.8 Å². The molecule has 0 aliphatic heterocycles. The summed E-state index contributed by atoms with van der Waals surface area (Å²) < 4.78 is 0. The fourth-order valence-electron chi connectivity index (χ4n) is 1.83. The van der Waals surface area contributed by atoms with Gasteiger partial charge in [-0.1, -0.05) is 11.8 Å². The number of nitrogens with zero attached hydrogens (tertiary/aromatic N) is 1. The number of imide groups is 1. The third kappa shape index (κ3) is 9.40. The zero-order chi connectivity index (χ0) is 21.9. The number of hydrogen-bond donors (Lipinski definition) is 4. The van der Waals surface area contributed by atoms with Crippen molar-refractivity contribution < 1.29 is 38.4 Å². The number of nitrogens with one attached hydrogen (secondary N) is 1. The van der Waals surface area contributed by atoms with Crippen molar-refractivity contribution in [3.8, 4) is 0 Å². The number of thioether (sulfide) groups is 1. The van der Waals surface area contributed by atoms with Crippen LogP contribution >= 0.6 is 11.8 Å². The molecule has 0 aromatic rings. The van der Waals surface area contributed by atoms with Gasteiger partial charge in [0.25, 0.3) is 5.91 Å². The maximum atomic E-state index is 12.6. The van der Waals surface area contributed by atoms with Gasteiger partial charge in [0.1, 0.15) is 18.6 Å². The Morgan fingerprint density at radius 3 is 2.14 bits per heavy atom. The van der Waals surface area contributed by atoms with E-state index >= 15 is 0 Å². The monoisotopic (exact) mass is 421 g/mol. The molecule has 0 saturated heterocycles. The Morgan fingerprint density at radius 1 is 1.07 bits per heavy atom. The Morgan fingerprint density at radius 2 is 1.68 bits per heavy atom. The lowest BCUT2D eigenvalue weighted by atomic mass is 10.1. The first kappa shape index (κ1) is 25.4. The molecule has 7 N–H and O–H groups in total. The maximum absolute atomic E-state index is 12.6. The Kier molecular flexibility index (Phi) is 11.6. The van der Waals surface area contributed by atoms with Gasteiger partial charge >= 0.3 is 11.9 Å². The normalized spacial score (nSPS) is 12.3. The van der Waals surface area contributed by atoms with E-state index in [1.165, 1.54) is 6.92 Å². The van der Waals surface area contributed by atoms with Crippen LogP contribution in [-0.4, -0.2) is 64.1 Å². The van der Waals surface area contributed by atoms with Gasteiger partial charge in [-0.25, -0.2) is 9.59 Å². The van der Waals surface area contributed by atoms with E-state index in [1.54, 1.807) is 0 Å². The standard InChI is InChI=1S/C14H23N5O8S/c1-7(20)19(5-12(23)26-16)13(24)10(6-28-8(2)21)18-11(22)4-3-9(15)14(25)27-17/h9-10H,3-6,15-17H2,1-2H3,(H,18,22). The quantitative estimate of drug-likeness (QED) is 0.261. The van der Waals surface area contributed by atoms with Crippen LogP contribution < -0.4 is 22.8 Å². The molecule has 0 rings (SSSR count). The SMILES string of the molecule is CC(=O)SCC(NC(=O)CCC(N)C(=O)ON)C(=O)N(CC(=O)ON)C(C)=O. The molecule has 0 heterocycles. The molecule has 14 heteroatoms. The number of rotatable bonds is 10. The molecule has 0 saturated carbocycles. The molecule has 0 aliphatic rings. The lowest BCUT2D eigenvalue weighted by Gasteiger charge is -2.24. The molecule has 0 spiro atoms. The summed E-state index contributed by atoms with van der Waals surface area (Å²) in [4.78, 5) is 78.4. The fourth-order valence-corrected chi connectivity index (χ4v) is 2.46. The molecular formula is C14H23N5O8S. The molecule has 2 atom stereocenters. The molecule has 0 fully saturated rings. The van der Waals surface area contributed by atoms with Gasteiger partial charge in [0, 0.05) is 26.0 Å². The summed E-state index contributed by atoms with van der Waals surface area (Å²) in [6, 6.07) is -2.46. The molecule has 28 heavy (non-hydrogen) atoms. The number of nitrogens with two attached hydrogens (primary N) is 3. The molecule has 0 aromatic carbocycles. The van der Waals surface area contributed by atoms with Crippen LogP contribution in [0.3, 0.4) is 0 Å². The van der Waals surface area contributed by atoms with E-state index in [2.05, 4.69) is 20.9 Å². The Hall–Kier alpha value is -2.55. The number of carbonyl (C=O) groups is 6. The van der Waals surface area contributed by atoms with Gasteiger partial charge < -0.3 is 20.7 Å². The van der Waals surface area contributed by atoms with Gasteiger partial charge in [0.05, 0.1) is 0 Å². The topological polar surface area (TPSA) is 214 Å². The van der Waals surface area contributed by atoms with Crippen LogP contribution in [0.25, 0.3) is 0 Å². The van der Waals surface area contributed by atoms with Gasteiger partial charge in [-0.15, -0.1) is 0 Å². The van der Waals surface area contributed by atoms with E-state index in [0.717, 1.165) is 18.7 Å². The van der Waals surface area contributed by atoms with Crippen LogP contribution in [0.4, 0.5) is 0 Å². The first-order valence-corrected chi connectivity index (χ1v) is 8.82. The second kappa shape index (κ2) is 12.8. The summed E-state index contributed by atoms with van der Waals surface area (Å²) in [5.74, 6) is 4.79. The predicted octanol–water partition coefficient (Wildman–Crippen LogP) is -2.93. The molecule has 13 nitrogen and oxygen atoms in total. The van der Waals surface area contributed by atoms with Crippen molar-refractivity contribution in [1.29, 1.82) is 0 Å². The Bertz CT molecular complexity index is 629. The third-order valence-corrected chi connectivity index (χ3v) is 4.16. The molecule has 0 aromatic heterocycles. The van der Waals surface area contributed by atoms with Crippen LogP contribution in [0, 0.1) is 0 Å². The van der Waals surface area contributed by atoms with Crippen molar-refractivity contribution in [2.45, 2.75) is 38.8 Å². The molecule has 3 amide bonds. The molecule has 2 unspecified atom stereocenters. The van der Waals surface area contributed by atoms with Crippen LogP contribution in [0.5, 0.6) is 0 Å². The van der Waals surface area contributed by atoms with Crippen LogP contribution in [-0.2, 0) is 38.4 Å². The zero-order valence-electron chi connectivity index (χ0n) is 15.3. The fraction of sp³-hybridized carbons (Fsp3) is 0.571. The Labute approximate surface area is 164 Å². The minimum Gasteiger partial charge on any atom is -0.372 e. The average molecular weight is 421 g/mol. The minimum atomic E-state index is -1.31. The lowest BCUT2D eigenvalue weighted by Crippen LogP contribution is -2.53. The van der Waals surface area contributed by atoms with E-state index in [0.29, 0.717) is 4.90 Å². The van der Waals surface area contributed by atoms with Crippen molar-refractivity contribution in [2.75, 3.05) is 12.3 Å². The van der Waals surface area contributed by atoms with E-state index < -0.39 is 48.3 Å². The summed E-state index contributed by atoms with van der Waals surface area (Å²) in [5.41, 5.74) is 5.46. The second-order valence-electron chi connectivity index (χ2n) is 5.44. The van der Waals surface area contributed by atoms with Crippen molar-refractivity contribution in [1.82, 2.24) is 10.2 Å². The van der Waals surface area contributed by atoms with Gasteiger partial charge in [0.15, 0.2) is 5.12 Å². The van der Waals surface area contributed by atoms with Crippen LogP contribution in [0.15, 0.2) is 0 Å². The molecule has 0 radical (unpaired) electrons. The highest BCUT2D eigenvalue weighted by molar-refractivity contribution is 8.13. The van der Waals surface area contributed by atoms with Crippen molar-refractivity contribution in [3.63, 3.8) is 0 Å². The average Bonchev–Trinajstić information content (AvgIpc) is 2.65. The number of hydrogen-bond acceptors (Lipinski definition) is 12. The molecule has 0 aliphatic carbocycles. The Balaban J connectivity index is 5.17. The van der Waals surface area contributed by atoms with Gasteiger partial charge in [-0.05, 0) is 6.42 Å². The number of carbonyl (C=O) groups excluding carboxylic acids is 6. The van der Waals surface area contributed by atoms with E-state index in [-0.39, 0.29) is 23.7 Å². The van der Waals surface area contributed by atoms with Gasteiger partial charge in [-0.3, -0.25) is 24.1 Å². The zero-order valence-corrected chi connectivity index (χ0v) is 16.2. The van der Waals surface area contributed by atoms with E-state index in [9.17, 15) is 28.8 Å². The van der Waals surface area contributed by atoms with Gasteiger partial charge in [-0.2, -0.15) is 11.8 Å². The highest BCUT2D eigenvalue weighted by atomic mass is 32.2. The molecule has 0 bridgehead atoms. The third-order valence-electron chi connectivity index (χ3n) is 3.25. The second-order valence-corrected chi connectivity index (χ2v) is 6.63. The van der Waals surface area contributed by atoms with Crippen LogP contribution in [0.2, 0.25) is 0 Å². The highest BCUT2D eigenvalue weighted by Gasteiger charge is 2.31. The first-order chi connectivity index (χ1) is 13.0. The van der Waals surface area contributed by atoms with Crippen molar-refractivity contribution in [2.24, 2.45) is 17.5 Å². The van der Waals surface area contributed by atoms with E-state index in [4.69, 9.17) is 11.6 Å². The summed E-state index contributed by atoms with van der Waals surface area (Å²) >= 11 is 0.728. The summed E-state index contributed by atoms with van der Waals surface area (Å²) in [6.45, 7) is 1.51.